The van der Waals surface area contributed by atoms with Crippen molar-refractivity contribution in [2.45, 2.75) is 56.1 Å². The Bertz CT molecular complexity index is 820. The van der Waals surface area contributed by atoms with Crippen molar-refractivity contribution < 1.29 is 52.9 Å². The van der Waals surface area contributed by atoms with E-state index in [-0.39, 0.29) is 12.8 Å². The van der Waals surface area contributed by atoms with Gasteiger partial charge >= 0.3 is 33.4 Å². The molecule has 0 aliphatic rings. The smallest absolute Gasteiger partial charge is 0.461 e. The Morgan fingerprint density at radius 3 is 1.93 bits per heavy atom. The summed E-state index contributed by atoms with van der Waals surface area (Å²) in [4.78, 5) is 11.6. The van der Waals surface area contributed by atoms with Crippen molar-refractivity contribution in [2.24, 2.45) is 0 Å². The molecular formula is C17H19F7O5S. The van der Waals surface area contributed by atoms with Crippen LogP contribution in [-0.4, -0.2) is 45.0 Å². The minimum Gasteiger partial charge on any atom is -0.467 e. The van der Waals surface area contributed by atoms with Gasteiger partial charge in [0.05, 0.1) is 7.11 Å². The van der Waals surface area contributed by atoms with Crippen LogP contribution in [0, 0.1) is 0 Å². The summed E-state index contributed by atoms with van der Waals surface area (Å²) >= 11 is 0. The second-order valence-corrected chi connectivity index (χ2v) is 7.83. The average Bonchev–Trinajstić information content (AvgIpc) is 2.65. The maximum Gasteiger partial charge on any atom is 0.461 e. The van der Waals surface area contributed by atoms with Gasteiger partial charge in [-0.3, -0.25) is 4.18 Å². The van der Waals surface area contributed by atoms with Crippen LogP contribution < -0.4 is 0 Å². The molecule has 0 N–H and O–H groups in total. The van der Waals surface area contributed by atoms with Crippen LogP contribution in [0.1, 0.15) is 30.9 Å². The molecule has 30 heavy (non-hydrogen) atoms. The molecule has 0 saturated heterocycles. The van der Waals surface area contributed by atoms with Gasteiger partial charge in [-0.2, -0.15) is 39.2 Å². The molecule has 0 amide bonds. The van der Waals surface area contributed by atoms with Crippen LogP contribution in [0.15, 0.2) is 24.3 Å². The first-order chi connectivity index (χ1) is 13.6. The highest BCUT2D eigenvalue weighted by molar-refractivity contribution is 7.87. The minimum absolute atomic E-state index is 0.0397. The van der Waals surface area contributed by atoms with Gasteiger partial charge in [0.1, 0.15) is 0 Å². The first-order valence-electron chi connectivity index (χ1n) is 8.51. The SMILES string of the molecule is CCc1ccc(CCCC(OS(=O)(=O)C(F)(F)C(F)(F)C(F)(F)F)C(=O)OC)cc1. The number of methoxy groups -OCH3 is 1. The normalized spacial score (nSPS) is 14.4. The fourth-order valence-corrected chi connectivity index (χ4v) is 3.34. The summed E-state index contributed by atoms with van der Waals surface area (Å²) < 4.78 is 121. The van der Waals surface area contributed by atoms with Crippen LogP contribution in [0.25, 0.3) is 0 Å². The van der Waals surface area contributed by atoms with Crippen LogP contribution in [-0.2, 0) is 36.7 Å². The van der Waals surface area contributed by atoms with Crippen molar-refractivity contribution in [1.82, 2.24) is 0 Å². The number of esters is 1. The molecule has 0 aliphatic heterocycles. The quantitative estimate of drug-likeness (QED) is 0.292. The Kier molecular flexibility index (Phi) is 8.28. The Morgan fingerprint density at radius 1 is 1.00 bits per heavy atom. The fourth-order valence-electron chi connectivity index (χ4n) is 2.31. The molecule has 1 unspecified atom stereocenters. The molecule has 0 radical (unpaired) electrons. The van der Waals surface area contributed by atoms with Gasteiger partial charge in [0, 0.05) is 0 Å². The monoisotopic (exact) mass is 468 g/mol. The first kappa shape index (κ1) is 26.1. The molecule has 172 valence electrons. The summed E-state index contributed by atoms with van der Waals surface area (Å²) in [5.41, 5.74) is 1.75. The summed E-state index contributed by atoms with van der Waals surface area (Å²) in [5.74, 6) is -8.47. The van der Waals surface area contributed by atoms with E-state index in [1.165, 1.54) is 0 Å². The Hall–Kier alpha value is -1.89. The lowest BCUT2D eigenvalue weighted by Gasteiger charge is -2.28. The van der Waals surface area contributed by atoms with Gasteiger partial charge in [0.2, 0.25) is 0 Å². The third-order valence-corrected chi connectivity index (χ3v) is 5.48. The highest BCUT2D eigenvalue weighted by Crippen LogP contribution is 2.49. The van der Waals surface area contributed by atoms with E-state index in [4.69, 9.17) is 0 Å². The molecule has 0 aromatic heterocycles. The van der Waals surface area contributed by atoms with Crippen LogP contribution in [0.5, 0.6) is 0 Å². The minimum atomic E-state index is -6.94. The van der Waals surface area contributed by atoms with Crippen LogP contribution in [0.4, 0.5) is 30.7 Å². The standard InChI is InChI=1S/C17H19F7O5S/c1-3-11-7-9-12(10-8-11)5-4-6-13(14(25)28-2)29-30(26,27)17(23,24)15(18,19)16(20,21)22/h7-10,13H,3-6H2,1-2H3. The summed E-state index contributed by atoms with van der Waals surface area (Å²) in [6.07, 6.45) is -8.84. The number of ether oxygens (including phenoxy) is 1. The summed E-state index contributed by atoms with van der Waals surface area (Å²) in [5, 5.41) is -6.67. The van der Waals surface area contributed by atoms with E-state index in [0.717, 1.165) is 24.7 Å². The molecule has 1 aromatic rings. The Labute approximate surface area is 168 Å². The molecule has 0 spiro atoms. The lowest BCUT2D eigenvalue weighted by molar-refractivity contribution is -0.333. The van der Waals surface area contributed by atoms with E-state index in [9.17, 15) is 43.9 Å². The predicted octanol–water partition coefficient (Wildman–Crippen LogP) is 4.25. The number of carbonyl (C=O) groups is 1. The summed E-state index contributed by atoms with van der Waals surface area (Å²) in [6.45, 7) is 1.92. The van der Waals surface area contributed by atoms with Gasteiger partial charge in [-0.15, -0.1) is 0 Å². The zero-order valence-electron chi connectivity index (χ0n) is 15.8. The van der Waals surface area contributed by atoms with Crippen LogP contribution >= 0.6 is 0 Å². The molecule has 0 saturated carbocycles. The molecule has 0 fully saturated rings. The molecule has 1 aromatic carbocycles. The van der Waals surface area contributed by atoms with Gasteiger partial charge in [0.25, 0.3) is 0 Å². The van der Waals surface area contributed by atoms with Gasteiger partial charge < -0.3 is 4.74 Å². The number of halogens is 7. The van der Waals surface area contributed by atoms with Crippen LogP contribution in [0.2, 0.25) is 0 Å². The molecule has 1 rings (SSSR count). The average molecular weight is 468 g/mol. The topological polar surface area (TPSA) is 69.7 Å². The zero-order valence-corrected chi connectivity index (χ0v) is 16.6. The van der Waals surface area contributed by atoms with Crippen molar-refractivity contribution in [2.75, 3.05) is 7.11 Å². The van der Waals surface area contributed by atoms with E-state index in [0.29, 0.717) is 0 Å². The van der Waals surface area contributed by atoms with E-state index in [1.807, 2.05) is 6.92 Å². The summed E-state index contributed by atoms with van der Waals surface area (Å²) in [7, 11) is -6.13. The zero-order chi connectivity index (χ0) is 23.4. The largest absolute Gasteiger partial charge is 0.467 e. The van der Waals surface area contributed by atoms with Crippen molar-refractivity contribution in [3.63, 3.8) is 0 Å². The van der Waals surface area contributed by atoms with Crippen LogP contribution in [0.3, 0.4) is 0 Å². The first-order valence-corrected chi connectivity index (χ1v) is 9.92. The van der Waals surface area contributed by atoms with Gasteiger partial charge in [-0.05, 0) is 36.8 Å². The van der Waals surface area contributed by atoms with E-state index in [1.54, 1.807) is 24.3 Å². The molecular weight excluding hydrogens is 449 g/mol. The lowest BCUT2D eigenvalue weighted by Crippen LogP contribution is -2.57. The second kappa shape index (κ2) is 9.50. The third kappa shape index (κ3) is 5.62. The van der Waals surface area contributed by atoms with Gasteiger partial charge in [0.15, 0.2) is 6.10 Å². The van der Waals surface area contributed by atoms with Crippen molar-refractivity contribution in [1.29, 1.82) is 0 Å². The third-order valence-electron chi connectivity index (χ3n) is 4.11. The summed E-state index contributed by atoms with van der Waals surface area (Å²) in [6, 6.07) is 7.05. The number of aryl methyl sites for hydroxylation is 2. The molecule has 0 heterocycles. The van der Waals surface area contributed by atoms with Gasteiger partial charge in [-0.1, -0.05) is 31.2 Å². The number of alkyl halides is 7. The van der Waals surface area contributed by atoms with E-state index in [2.05, 4.69) is 8.92 Å². The number of hydrogen-bond donors (Lipinski definition) is 0. The predicted molar refractivity (Wildman–Crippen MR) is 90.5 cm³/mol. The number of hydrogen-bond acceptors (Lipinski definition) is 5. The molecule has 5 nitrogen and oxygen atoms in total. The fraction of sp³-hybridized carbons (Fsp3) is 0.588. The lowest BCUT2D eigenvalue weighted by atomic mass is 10.0. The van der Waals surface area contributed by atoms with Crippen molar-refractivity contribution >= 4 is 16.1 Å². The van der Waals surface area contributed by atoms with Crippen molar-refractivity contribution in [3.8, 4) is 0 Å². The van der Waals surface area contributed by atoms with E-state index < -0.39 is 46.0 Å². The number of rotatable bonds is 10. The Balaban J connectivity index is 2.96. The maximum absolute atomic E-state index is 13.5. The molecule has 13 heteroatoms. The maximum atomic E-state index is 13.5. The van der Waals surface area contributed by atoms with Gasteiger partial charge in [-0.25, -0.2) is 4.79 Å². The second-order valence-electron chi connectivity index (χ2n) is 6.21. The number of benzene rings is 1. The van der Waals surface area contributed by atoms with E-state index >= 15 is 0 Å². The molecule has 0 bridgehead atoms. The molecule has 1 atom stereocenters. The highest BCUT2D eigenvalue weighted by Gasteiger charge is 2.79. The number of carbonyl (C=O) groups excluding carboxylic acids is 1. The van der Waals surface area contributed by atoms with Crippen molar-refractivity contribution in [3.05, 3.63) is 35.4 Å². The highest BCUT2D eigenvalue weighted by atomic mass is 32.2. The molecule has 0 aliphatic carbocycles. The Morgan fingerprint density at radius 2 is 1.50 bits per heavy atom.